The van der Waals surface area contributed by atoms with Crippen molar-refractivity contribution in [2.24, 2.45) is 4.99 Å². The summed E-state index contributed by atoms with van der Waals surface area (Å²) in [5, 5.41) is 6.44. The van der Waals surface area contributed by atoms with Gasteiger partial charge in [0, 0.05) is 25.6 Å². The number of para-hydroxylation sites is 1. The highest BCUT2D eigenvalue weighted by atomic mass is 16.5. The molecule has 26 heavy (non-hydrogen) atoms. The molecule has 1 unspecified atom stereocenters. The third-order valence-corrected chi connectivity index (χ3v) is 4.47. The summed E-state index contributed by atoms with van der Waals surface area (Å²) in [6.07, 6.45) is 3.91. The lowest BCUT2D eigenvalue weighted by molar-refractivity contribution is -0.134. The summed E-state index contributed by atoms with van der Waals surface area (Å²) in [6, 6.07) is 10.1. The molecule has 1 aromatic carbocycles. The number of nitrogens with one attached hydrogen (secondary N) is 2. The van der Waals surface area contributed by atoms with Crippen molar-refractivity contribution in [3.63, 3.8) is 0 Å². The SMILES string of the molecule is CCNC(=NCCC(=O)N1CCCCC1C)NCCOc1ccccc1. The number of guanidine groups is 1. The molecule has 0 radical (unpaired) electrons. The van der Waals surface area contributed by atoms with Crippen molar-refractivity contribution >= 4 is 11.9 Å². The van der Waals surface area contributed by atoms with Crippen molar-refractivity contribution in [1.82, 2.24) is 15.5 Å². The van der Waals surface area contributed by atoms with Crippen molar-refractivity contribution in [2.45, 2.75) is 45.6 Å². The first-order valence-electron chi connectivity index (χ1n) is 9.70. The van der Waals surface area contributed by atoms with E-state index in [0.29, 0.717) is 32.2 Å². The molecule has 0 saturated carbocycles. The minimum atomic E-state index is 0.212. The molecule has 1 saturated heterocycles. The highest BCUT2D eigenvalue weighted by Crippen LogP contribution is 2.17. The molecule has 0 bridgehead atoms. The second kappa shape index (κ2) is 11.4. The van der Waals surface area contributed by atoms with Gasteiger partial charge in [-0.2, -0.15) is 0 Å². The van der Waals surface area contributed by atoms with Crippen molar-refractivity contribution in [3.05, 3.63) is 30.3 Å². The van der Waals surface area contributed by atoms with E-state index in [0.717, 1.165) is 37.6 Å². The first-order chi connectivity index (χ1) is 12.7. The molecule has 2 rings (SSSR count). The number of rotatable bonds is 8. The number of benzene rings is 1. The largest absolute Gasteiger partial charge is 0.492 e. The smallest absolute Gasteiger partial charge is 0.224 e. The van der Waals surface area contributed by atoms with Crippen LogP contribution in [0.3, 0.4) is 0 Å². The molecule has 1 aliphatic heterocycles. The molecule has 1 amide bonds. The number of hydrogen-bond donors (Lipinski definition) is 2. The van der Waals surface area contributed by atoms with Crippen LogP contribution < -0.4 is 15.4 Å². The van der Waals surface area contributed by atoms with Gasteiger partial charge < -0.3 is 20.3 Å². The lowest BCUT2D eigenvalue weighted by atomic mass is 10.0. The summed E-state index contributed by atoms with van der Waals surface area (Å²) in [7, 11) is 0. The molecule has 2 N–H and O–H groups in total. The number of aliphatic imine (C=N–C) groups is 1. The molecule has 6 heteroatoms. The summed E-state index contributed by atoms with van der Waals surface area (Å²) in [5.74, 6) is 1.80. The summed E-state index contributed by atoms with van der Waals surface area (Å²) in [6.45, 7) is 7.53. The van der Waals surface area contributed by atoms with E-state index < -0.39 is 0 Å². The fourth-order valence-electron chi connectivity index (χ4n) is 3.07. The van der Waals surface area contributed by atoms with E-state index in [1.807, 2.05) is 42.2 Å². The van der Waals surface area contributed by atoms with E-state index >= 15 is 0 Å². The summed E-state index contributed by atoms with van der Waals surface area (Å²) in [5.41, 5.74) is 0. The van der Waals surface area contributed by atoms with Crippen LogP contribution >= 0.6 is 0 Å². The lowest BCUT2D eigenvalue weighted by Gasteiger charge is -2.33. The molecule has 1 atom stereocenters. The van der Waals surface area contributed by atoms with Crippen LogP contribution in [0.5, 0.6) is 5.75 Å². The molecule has 6 nitrogen and oxygen atoms in total. The second-order valence-electron chi connectivity index (χ2n) is 6.53. The van der Waals surface area contributed by atoms with E-state index in [-0.39, 0.29) is 5.91 Å². The minimum absolute atomic E-state index is 0.212. The zero-order chi connectivity index (χ0) is 18.6. The Labute approximate surface area is 157 Å². The summed E-state index contributed by atoms with van der Waals surface area (Å²) >= 11 is 0. The van der Waals surface area contributed by atoms with E-state index in [1.165, 1.54) is 6.42 Å². The number of amides is 1. The highest BCUT2D eigenvalue weighted by Gasteiger charge is 2.22. The third kappa shape index (κ3) is 6.94. The second-order valence-corrected chi connectivity index (χ2v) is 6.53. The maximum Gasteiger partial charge on any atom is 0.224 e. The number of hydrogen-bond acceptors (Lipinski definition) is 3. The molecule has 0 aromatic heterocycles. The number of carbonyl (C=O) groups is 1. The Morgan fingerprint density at radius 2 is 2.08 bits per heavy atom. The predicted octanol–water partition coefficient (Wildman–Crippen LogP) is 2.41. The average molecular weight is 361 g/mol. The van der Waals surface area contributed by atoms with E-state index in [9.17, 15) is 4.79 Å². The van der Waals surface area contributed by atoms with Crippen LogP contribution in [0.15, 0.2) is 35.3 Å². The Bertz CT molecular complexity index is 562. The van der Waals surface area contributed by atoms with Gasteiger partial charge in [-0.3, -0.25) is 9.79 Å². The molecule has 0 spiro atoms. The molecule has 1 aromatic rings. The number of likely N-dealkylation sites (tertiary alicyclic amines) is 1. The lowest BCUT2D eigenvalue weighted by Crippen LogP contribution is -2.42. The van der Waals surface area contributed by atoms with Crippen molar-refractivity contribution in [3.8, 4) is 5.75 Å². The van der Waals surface area contributed by atoms with Crippen LogP contribution in [0.4, 0.5) is 0 Å². The molecular weight excluding hydrogens is 328 g/mol. The van der Waals surface area contributed by atoms with Gasteiger partial charge in [-0.15, -0.1) is 0 Å². The monoisotopic (exact) mass is 360 g/mol. The Morgan fingerprint density at radius 3 is 2.81 bits per heavy atom. The Hall–Kier alpha value is -2.24. The zero-order valence-corrected chi connectivity index (χ0v) is 16.0. The van der Waals surface area contributed by atoms with Gasteiger partial charge in [-0.05, 0) is 45.2 Å². The maximum absolute atomic E-state index is 12.4. The topological polar surface area (TPSA) is 66.0 Å². The average Bonchev–Trinajstić information content (AvgIpc) is 2.66. The van der Waals surface area contributed by atoms with E-state index in [2.05, 4.69) is 22.5 Å². The van der Waals surface area contributed by atoms with E-state index in [1.54, 1.807) is 0 Å². The third-order valence-electron chi connectivity index (χ3n) is 4.47. The quantitative estimate of drug-likeness (QED) is 0.424. The Morgan fingerprint density at radius 1 is 1.27 bits per heavy atom. The van der Waals surface area contributed by atoms with Gasteiger partial charge in [0.15, 0.2) is 5.96 Å². The zero-order valence-electron chi connectivity index (χ0n) is 16.0. The van der Waals surface area contributed by atoms with Gasteiger partial charge in [0.2, 0.25) is 5.91 Å². The van der Waals surface area contributed by atoms with Gasteiger partial charge in [0.25, 0.3) is 0 Å². The Kier molecular flexibility index (Phi) is 8.79. The maximum atomic E-state index is 12.4. The summed E-state index contributed by atoms with van der Waals surface area (Å²) in [4.78, 5) is 18.9. The van der Waals surface area contributed by atoms with Crippen LogP contribution in [0.2, 0.25) is 0 Å². The fourth-order valence-corrected chi connectivity index (χ4v) is 3.07. The molecule has 144 valence electrons. The predicted molar refractivity (Wildman–Crippen MR) is 106 cm³/mol. The number of piperidine rings is 1. The molecular formula is C20H32N4O2. The molecule has 1 fully saturated rings. The normalized spacial score (nSPS) is 17.7. The van der Waals surface area contributed by atoms with Crippen LogP contribution in [0.1, 0.15) is 39.5 Å². The summed E-state index contributed by atoms with van der Waals surface area (Å²) < 4.78 is 5.66. The van der Waals surface area contributed by atoms with E-state index in [4.69, 9.17) is 4.74 Å². The standard InChI is InChI=1S/C20H32N4O2/c1-3-21-20(23-14-16-26-18-10-5-4-6-11-18)22-13-12-19(25)24-15-8-7-9-17(24)2/h4-6,10-11,17H,3,7-9,12-16H2,1-2H3,(H2,21,22,23). The van der Waals surface area contributed by atoms with Gasteiger partial charge in [-0.25, -0.2) is 0 Å². The number of nitrogens with zero attached hydrogens (tertiary/aromatic N) is 2. The van der Waals surface area contributed by atoms with Crippen LogP contribution in [0, 0.1) is 0 Å². The van der Waals surface area contributed by atoms with Gasteiger partial charge >= 0.3 is 0 Å². The number of carbonyl (C=O) groups excluding carboxylic acids is 1. The first kappa shape index (κ1) is 20.1. The fraction of sp³-hybridized carbons (Fsp3) is 0.600. The van der Waals surface area contributed by atoms with Gasteiger partial charge in [0.05, 0.1) is 13.1 Å². The van der Waals surface area contributed by atoms with Crippen molar-refractivity contribution in [2.75, 3.05) is 32.8 Å². The Balaban J connectivity index is 1.70. The first-order valence-corrected chi connectivity index (χ1v) is 9.70. The van der Waals surface area contributed by atoms with Crippen molar-refractivity contribution in [1.29, 1.82) is 0 Å². The highest BCUT2D eigenvalue weighted by molar-refractivity contribution is 5.81. The van der Waals surface area contributed by atoms with Gasteiger partial charge in [-0.1, -0.05) is 18.2 Å². The van der Waals surface area contributed by atoms with Crippen LogP contribution in [-0.2, 0) is 4.79 Å². The van der Waals surface area contributed by atoms with Crippen LogP contribution in [0.25, 0.3) is 0 Å². The van der Waals surface area contributed by atoms with Gasteiger partial charge in [0.1, 0.15) is 12.4 Å². The van der Waals surface area contributed by atoms with Crippen LogP contribution in [-0.4, -0.2) is 55.6 Å². The minimum Gasteiger partial charge on any atom is -0.492 e. The van der Waals surface area contributed by atoms with Crippen molar-refractivity contribution < 1.29 is 9.53 Å². The molecule has 1 heterocycles. The number of ether oxygens (including phenoxy) is 1. The molecule has 1 aliphatic rings. The molecule has 0 aliphatic carbocycles.